The van der Waals surface area contributed by atoms with Gasteiger partial charge >= 0.3 is 0 Å². The van der Waals surface area contributed by atoms with E-state index in [2.05, 4.69) is 6.92 Å². The van der Waals surface area contributed by atoms with Crippen molar-refractivity contribution in [2.75, 3.05) is 26.8 Å². The third-order valence-electron chi connectivity index (χ3n) is 2.14. The van der Waals surface area contributed by atoms with Crippen LogP contribution < -0.4 is 5.73 Å². The van der Waals surface area contributed by atoms with E-state index in [-0.39, 0.29) is 5.91 Å². The van der Waals surface area contributed by atoms with Gasteiger partial charge in [-0.3, -0.25) is 4.79 Å². The van der Waals surface area contributed by atoms with Gasteiger partial charge in [0.15, 0.2) is 0 Å². The minimum absolute atomic E-state index is 0.0337. The maximum absolute atomic E-state index is 11.7. The third kappa shape index (κ3) is 4.58. The van der Waals surface area contributed by atoms with Crippen molar-refractivity contribution in [1.29, 1.82) is 0 Å². The molecule has 0 saturated heterocycles. The number of hydrogen-bond acceptors (Lipinski definition) is 3. The summed E-state index contributed by atoms with van der Waals surface area (Å²) in [5.41, 5.74) is 5.74. The molecule has 0 radical (unpaired) electrons. The largest absolute Gasteiger partial charge is 0.385 e. The van der Waals surface area contributed by atoms with E-state index in [1.54, 1.807) is 12.0 Å². The Morgan fingerprint density at radius 3 is 2.57 bits per heavy atom. The van der Waals surface area contributed by atoms with E-state index < -0.39 is 6.04 Å². The van der Waals surface area contributed by atoms with Gasteiger partial charge in [-0.25, -0.2) is 0 Å². The van der Waals surface area contributed by atoms with Crippen molar-refractivity contribution in [3.63, 3.8) is 0 Å². The van der Waals surface area contributed by atoms with Crippen molar-refractivity contribution in [3.05, 3.63) is 0 Å². The number of amides is 1. The van der Waals surface area contributed by atoms with Crippen molar-refractivity contribution in [2.45, 2.75) is 32.7 Å². The molecule has 1 atom stereocenters. The summed E-state index contributed by atoms with van der Waals surface area (Å²) in [5.74, 6) is 0.0337. The molecule has 1 amide bonds. The van der Waals surface area contributed by atoms with E-state index in [1.165, 1.54) is 0 Å². The Morgan fingerprint density at radius 2 is 2.14 bits per heavy atom. The van der Waals surface area contributed by atoms with E-state index in [4.69, 9.17) is 10.5 Å². The smallest absolute Gasteiger partial charge is 0.239 e. The Kier molecular flexibility index (Phi) is 7.42. The highest BCUT2D eigenvalue weighted by Gasteiger charge is 2.18. The quantitative estimate of drug-likeness (QED) is 0.658. The Hall–Kier alpha value is -0.610. The van der Waals surface area contributed by atoms with Gasteiger partial charge in [0, 0.05) is 26.8 Å². The van der Waals surface area contributed by atoms with Crippen molar-refractivity contribution in [1.82, 2.24) is 4.90 Å². The van der Waals surface area contributed by atoms with E-state index in [1.807, 2.05) is 6.92 Å². The van der Waals surface area contributed by atoms with Crippen LogP contribution in [0.5, 0.6) is 0 Å². The minimum atomic E-state index is -0.415. The summed E-state index contributed by atoms with van der Waals surface area (Å²) in [4.78, 5) is 13.5. The van der Waals surface area contributed by atoms with Crippen LogP contribution in [0.25, 0.3) is 0 Å². The van der Waals surface area contributed by atoms with Crippen molar-refractivity contribution >= 4 is 5.91 Å². The van der Waals surface area contributed by atoms with Gasteiger partial charge in [-0.05, 0) is 19.8 Å². The van der Waals surface area contributed by atoms with Crippen LogP contribution in [0.1, 0.15) is 26.7 Å². The molecule has 0 aromatic heterocycles. The van der Waals surface area contributed by atoms with E-state index in [0.717, 1.165) is 19.5 Å². The summed E-state index contributed by atoms with van der Waals surface area (Å²) < 4.78 is 4.89. The number of hydrogen-bond donors (Lipinski definition) is 1. The summed E-state index contributed by atoms with van der Waals surface area (Å²) in [6, 6.07) is -0.415. The molecule has 0 fully saturated rings. The van der Waals surface area contributed by atoms with Crippen LogP contribution >= 0.6 is 0 Å². The lowest BCUT2D eigenvalue weighted by molar-refractivity contribution is -0.132. The fraction of sp³-hybridized carbons (Fsp3) is 0.900. The molecule has 0 bridgehead atoms. The van der Waals surface area contributed by atoms with Crippen LogP contribution in [0, 0.1) is 0 Å². The fourth-order valence-electron chi connectivity index (χ4n) is 1.30. The van der Waals surface area contributed by atoms with E-state index >= 15 is 0 Å². The molecule has 0 aliphatic heterocycles. The van der Waals surface area contributed by atoms with Crippen LogP contribution in [0.2, 0.25) is 0 Å². The molecule has 2 N–H and O–H groups in total. The van der Waals surface area contributed by atoms with Crippen LogP contribution in [0.3, 0.4) is 0 Å². The molecule has 0 aliphatic rings. The van der Waals surface area contributed by atoms with Gasteiger partial charge in [-0.2, -0.15) is 0 Å². The Labute approximate surface area is 86.4 Å². The molecular weight excluding hydrogens is 180 g/mol. The maximum atomic E-state index is 11.7. The summed E-state index contributed by atoms with van der Waals surface area (Å²) in [6.45, 7) is 6.08. The van der Waals surface area contributed by atoms with Crippen LogP contribution in [-0.2, 0) is 9.53 Å². The molecular formula is C10H22N2O2. The summed E-state index contributed by atoms with van der Waals surface area (Å²) in [7, 11) is 1.61. The Balaban J connectivity index is 3.99. The normalized spacial score (nSPS) is 12.6. The molecule has 0 aromatic carbocycles. The number of methoxy groups -OCH3 is 1. The number of carbonyl (C=O) groups is 1. The predicted octanol–water partition coefficient (Wildman–Crippen LogP) is 0.609. The topological polar surface area (TPSA) is 55.6 Å². The van der Waals surface area contributed by atoms with Gasteiger partial charge in [-0.1, -0.05) is 6.92 Å². The molecule has 4 nitrogen and oxygen atoms in total. The van der Waals surface area contributed by atoms with Gasteiger partial charge < -0.3 is 15.4 Å². The highest BCUT2D eigenvalue weighted by molar-refractivity contribution is 5.81. The number of likely N-dealkylation sites (N-methyl/N-ethyl adjacent to an activating group) is 1. The lowest BCUT2D eigenvalue weighted by atomic mass is 10.2. The molecule has 84 valence electrons. The highest BCUT2D eigenvalue weighted by atomic mass is 16.5. The van der Waals surface area contributed by atoms with Gasteiger partial charge in [0.25, 0.3) is 0 Å². The van der Waals surface area contributed by atoms with Gasteiger partial charge in [0.05, 0.1) is 6.04 Å². The van der Waals surface area contributed by atoms with E-state index in [9.17, 15) is 4.79 Å². The second-order valence-electron chi connectivity index (χ2n) is 3.31. The molecule has 0 saturated carbocycles. The molecule has 0 aromatic rings. The van der Waals surface area contributed by atoms with Crippen molar-refractivity contribution < 1.29 is 9.53 Å². The molecule has 14 heavy (non-hydrogen) atoms. The fourth-order valence-corrected chi connectivity index (χ4v) is 1.30. The summed E-state index contributed by atoms with van der Waals surface area (Å²) in [5, 5.41) is 0. The van der Waals surface area contributed by atoms with Gasteiger partial charge in [-0.15, -0.1) is 0 Å². The van der Waals surface area contributed by atoms with Crippen molar-refractivity contribution in [2.24, 2.45) is 5.73 Å². The van der Waals surface area contributed by atoms with Gasteiger partial charge in [0.1, 0.15) is 0 Å². The predicted molar refractivity (Wildman–Crippen MR) is 57.0 cm³/mol. The first kappa shape index (κ1) is 13.4. The standard InChI is InChI=1S/C10H22N2O2/c1-4-7-12(5-2)10(13)9(11)6-8-14-3/h9H,4-8,11H2,1-3H3. The Morgan fingerprint density at radius 1 is 1.50 bits per heavy atom. The van der Waals surface area contributed by atoms with Crippen LogP contribution in [0.4, 0.5) is 0 Å². The first-order valence-corrected chi connectivity index (χ1v) is 5.20. The number of carbonyl (C=O) groups excluding carboxylic acids is 1. The second-order valence-corrected chi connectivity index (χ2v) is 3.31. The molecule has 0 rings (SSSR count). The van der Waals surface area contributed by atoms with Crippen molar-refractivity contribution in [3.8, 4) is 0 Å². The Bertz CT molecular complexity index is 162. The molecule has 0 spiro atoms. The lowest BCUT2D eigenvalue weighted by Crippen LogP contribution is -2.44. The van der Waals surface area contributed by atoms with Crippen LogP contribution in [0.15, 0.2) is 0 Å². The average Bonchev–Trinajstić information content (AvgIpc) is 2.21. The maximum Gasteiger partial charge on any atom is 0.239 e. The number of nitrogens with zero attached hydrogens (tertiary/aromatic N) is 1. The molecule has 4 heteroatoms. The number of nitrogens with two attached hydrogens (primary N) is 1. The van der Waals surface area contributed by atoms with Gasteiger partial charge in [0.2, 0.25) is 5.91 Å². The summed E-state index contributed by atoms with van der Waals surface area (Å²) in [6.07, 6.45) is 1.56. The average molecular weight is 202 g/mol. The SMILES string of the molecule is CCCN(CC)C(=O)C(N)CCOC. The zero-order valence-electron chi connectivity index (χ0n) is 9.45. The number of ether oxygens (including phenoxy) is 1. The van der Waals surface area contributed by atoms with Crippen LogP contribution in [-0.4, -0.2) is 43.7 Å². The summed E-state index contributed by atoms with van der Waals surface area (Å²) >= 11 is 0. The number of rotatable bonds is 7. The van der Waals surface area contributed by atoms with E-state index in [0.29, 0.717) is 13.0 Å². The monoisotopic (exact) mass is 202 g/mol. The minimum Gasteiger partial charge on any atom is -0.385 e. The zero-order valence-corrected chi connectivity index (χ0v) is 9.45. The molecule has 0 aliphatic carbocycles. The third-order valence-corrected chi connectivity index (χ3v) is 2.14. The highest BCUT2D eigenvalue weighted by Crippen LogP contribution is 1.99. The first-order valence-electron chi connectivity index (χ1n) is 5.20. The zero-order chi connectivity index (χ0) is 11.0. The first-order chi connectivity index (χ1) is 6.67. The lowest BCUT2D eigenvalue weighted by Gasteiger charge is -2.23. The molecule has 1 unspecified atom stereocenters. The second kappa shape index (κ2) is 7.76. The molecule has 0 heterocycles.